The summed E-state index contributed by atoms with van der Waals surface area (Å²) in [5.74, 6) is 0.864. The van der Waals surface area contributed by atoms with Crippen LogP contribution in [0.3, 0.4) is 0 Å². The van der Waals surface area contributed by atoms with E-state index in [9.17, 15) is 4.79 Å². The van der Waals surface area contributed by atoms with Gasteiger partial charge in [-0.05, 0) is 0 Å². The molecule has 2 heterocycles. The van der Waals surface area contributed by atoms with E-state index in [1.165, 1.54) is 11.3 Å². The molecule has 130 valence electrons. The van der Waals surface area contributed by atoms with Crippen LogP contribution in [0.4, 0.5) is 5.13 Å². The van der Waals surface area contributed by atoms with Crippen LogP contribution >= 0.6 is 11.3 Å². The first-order chi connectivity index (χ1) is 11.9. The molecule has 3 rings (SSSR count). The van der Waals surface area contributed by atoms with E-state index in [4.69, 9.17) is 4.52 Å². The monoisotopic (exact) mass is 356 g/mol. The van der Waals surface area contributed by atoms with Crippen LogP contribution in [0.5, 0.6) is 0 Å². The maximum atomic E-state index is 12.1. The van der Waals surface area contributed by atoms with Crippen molar-refractivity contribution >= 4 is 22.4 Å². The lowest BCUT2D eigenvalue weighted by atomic mass is 9.93. The second kappa shape index (κ2) is 7.14. The fourth-order valence-electron chi connectivity index (χ4n) is 2.14. The molecule has 0 aliphatic carbocycles. The van der Waals surface area contributed by atoms with E-state index < -0.39 is 0 Å². The van der Waals surface area contributed by atoms with E-state index in [0.717, 1.165) is 11.3 Å². The summed E-state index contributed by atoms with van der Waals surface area (Å²) in [5, 5.41) is 9.36. The highest BCUT2D eigenvalue weighted by molar-refractivity contribution is 7.13. The smallest absolute Gasteiger partial charge is 0.227 e. The van der Waals surface area contributed by atoms with Gasteiger partial charge in [0.15, 0.2) is 5.13 Å². The van der Waals surface area contributed by atoms with Gasteiger partial charge in [0.2, 0.25) is 17.6 Å². The molecule has 0 saturated heterocycles. The Labute approximate surface area is 150 Å². The highest BCUT2D eigenvalue weighted by atomic mass is 32.1. The summed E-state index contributed by atoms with van der Waals surface area (Å²) in [6.45, 7) is 6.27. The van der Waals surface area contributed by atoms with E-state index in [2.05, 4.69) is 41.2 Å². The molecule has 3 aromatic rings. The van der Waals surface area contributed by atoms with Crippen molar-refractivity contribution < 1.29 is 9.32 Å². The summed E-state index contributed by atoms with van der Waals surface area (Å²) in [6, 6.07) is 9.59. The van der Waals surface area contributed by atoms with Crippen molar-refractivity contribution in [3.8, 4) is 11.4 Å². The molecule has 1 aromatic carbocycles. The Bertz CT molecular complexity index is 849. The number of thiazole rings is 1. The first-order valence-corrected chi connectivity index (χ1v) is 8.93. The highest BCUT2D eigenvalue weighted by Gasteiger charge is 2.18. The SMILES string of the molecule is CC(C)(C)c1csc(NC(=O)CCc2nc(-c3ccccc3)no2)n1. The van der Waals surface area contributed by atoms with Crippen LogP contribution in [0, 0.1) is 0 Å². The largest absolute Gasteiger partial charge is 0.339 e. The molecular weight excluding hydrogens is 336 g/mol. The van der Waals surface area contributed by atoms with Gasteiger partial charge in [0.1, 0.15) is 0 Å². The van der Waals surface area contributed by atoms with Gasteiger partial charge in [-0.2, -0.15) is 4.98 Å². The van der Waals surface area contributed by atoms with Crippen molar-refractivity contribution in [3.63, 3.8) is 0 Å². The Balaban J connectivity index is 1.54. The summed E-state index contributed by atoms with van der Waals surface area (Å²) in [7, 11) is 0. The van der Waals surface area contributed by atoms with Crippen molar-refractivity contribution in [2.45, 2.75) is 39.0 Å². The number of aromatic nitrogens is 3. The van der Waals surface area contributed by atoms with Crippen LogP contribution in [0.1, 0.15) is 38.8 Å². The van der Waals surface area contributed by atoms with E-state index >= 15 is 0 Å². The van der Waals surface area contributed by atoms with E-state index in [1.807, 2.05) is 35.7 Å². The Morgan fingerprint density at radius 1 is 1.20 bits per heavy atom. The first kappa shape index (κ1) is 17.3. The summed E-state index contributed by atoms with van der Waals surface area (Å²) in [5.41, 5.74) is 1.83. The van der Waals surface area contributed by atoms with Crippen LogP contribution in [-0.4, -0.2) is 21.0 Å². The zero-order chi connectivity index (χ0) is 17.9. The highest BCUT2D eigenvalue weighted by Crippen LogP contribution is 2.26. The van der Waals surface area contributed by atoms with Gasteiger partial charge in [-0.3, -0.25) is 4.79 Å². The molecule has 7 heteroatoms. The Hall–Kier alpha value is -2.54. The second-order valence-corrected chi connectivity index (χ2v) is 7.57. The number of rotatable bonds is 5. The minimum absolute atomic E-state index is 0.0307. The third kappa shape index (κ3) is 4.51. The lowest BCUT2D eigenvalue weighted by Gasteiger charge is -2.14. The van der Waals surface area contributed by atoms with Crippen LogP contribution in [-0.2, 0) is 16.6 Å². The molecule has 0 bridgehead atoms. The number of nitrogens with one attached hydrogen (secondary N) is 1. The molecule has 1 amide bonds. The zero-order valence-corrected chi connectivity index (χ0v) is 15.3. The molecular formula is C18H20N4O2S. The Morgan fingerprint density at radius 3 is 2.64 bits per heavy atom. The number of nitrogens with zero attached hydrogens (tertiary/aromatic N) is 3. The first-order valence-electron chi connectivity index (χ1n) is 8.06. The van der Waals surface area contributed by atoms with Gasteiger partial charge in [0.25, 0.3) is 0 Å². The van der Waals surface area contributed by atoms with Gasteiger partial charge in [0, 0.05) is 29.2 Å². The number of aryl methyl sites for hydroxylation is 1. The van der Waals surface area contributed by atoms with Gasteiger partial charge in [0.05, 0.1) is 5.69 Å². The van der Waals surface area contributed by atoms with E-state index in [-0.39, 0.29) is 17.7 Å². The average molecular weight is 356 g/mol. The number of amides is 1. The zero-order valence-electron chi connectivity index (χ0n) is 14.4. The molecule has 6 nitrogen and oxygen atoms in total. The second-order valence-electron chi connectivity index (χ2n) is 6.71. The number of hydrogen-bond donors (Lipinski definition) is 1. The van der Waals surface area contributed by atoms with E-state index in [1.54, 1.807) is 0 Å². The fraction of sp³-hybridized carbons (Fsp3) is 0.333. The topological polar surface area (TPSA) is 80.9 Å². The normalized spacial score (nSPS) is 11.5. The average Bonchev–Trinajstić information content (AvgIpc) is 3.23. The molecule has 0 atom stereocenters. The molecule has 0 unspecified atom stereocenters. The third-order valence-electron chi connectivity index (χ3n) is 3.58. The van der Waals surface area contributed by atoms with Crippen molar-refractivity contribution in [2.75, 3.05) is 5.32 Å². The Morgan fingerprint density at radius 2 is 1.96 bits per heavy atom. The quantitative estimate of drug-likeness (QED) is 0.745. The number of hydrogen-bond acceptors (Lipinski definition) is 6. The van der Waals surface area contributed by atoms with E-state index in [0.29, 0.717) is 23.3 Å². The summed E-state index contributed by atoms with van der Waals surface area (Å²) in [4.78, 5) is 20.9. The van der Waals surface area contributed by atoms with Gasteiger partial charge in [-0.15, -0.1) is 11.3 Å². The standard InChI is InChI=1S/C18H20N4O2S/c1-18(2,3)13-11-25-17(19-13)20-14(23)9-10-15-21-16(22-24-15)12-7-5-4-6-8-12/h4-8,11H,9-10H2,1-3H3,(H,19,20,23). The van der Waals surface area contributed by atoms with Crippen molar-refractivity contribution in [3.05, 3.63) is 47.3 Å². The Kier molecular flexibility index (Phi) is 4.94. The molecule has 2 aromatic heterocycles. The van der Waals surface area contributed by atoms with Gasteiger partial charge < -0.3 is 9.84 Å². The number of benzene rings is 1. The van der Waals surface area contributed by atoms with Crippen molar-refractivity contribution in [2.24, 2.45) is 0 Å². The maximum Gasteiger partial charge on any atom is 0.227 e. The number of carbonyl (C=O) groups is 1. The molecule has 0 spiro atoms. The molecule has 0 fully saturated rings. The summed E-state index contributed by atoms with van der Waals surface area (Å²) < 4.78 is 5.21. The van der Waals surface area contributed by atoms with Crippen LogP contribution in [0.15, 0.2) is 40.2 Å². The minimum atomic E-state index is -0.116. The van der Waals surface area contributed by atoms with Gasteiger partial charge in [-0.1, -0.05) is 56.3 Å². The number of anilines is 1. The third-order valence-corrected chi connectivity index (χ3v) is 4.34. The van der Waals surface area contributed by atoms with Crippen molar-refractivity contribution in [1.29, 1.82) is 0 Å². The van der Waals surface area contributed by atoms with Gasteiger partial charge in [-0.25, -0.2) is 4.98 Å². The molecule has 0 saturated carbocycles. The maximum absolute atomic E-state index is 12.1. The van der Waals surface area contributed by atoms with Crippen LogP contribution in [0.2, 0.25) is 0 Å². The van der Waals surface area contributed by atoms with Crippen LogP contribution < -0.4 is 5.32 Å². The van der Waals surface area contributed by atoms with Crippen molar-refractivity contribution in [1.82, 2.24) is 15.1 Å². The molecule has 0 aliphatic rings. The lowest BCUT2D eigenvalue weighted by molar-refractivity contribution is -0.116. The summed E-state index contributed by atoms with van der Waals surface area (Å²) >= 11 is 1.43. The van der Waals surface area contributed by atoms with Crippen LogP contribution in [0.25, 0.3) is 11.4 Å². The predicted octanol–water partition coefficient (Wildman–Crippen LogP) is 4.06. The fourth-order valence-corrected chi connectivity index (χ4v) is 3.09. The molecule has 25 heavy (non-hydrogen) atoms. The minimum Gasteiger partial charge on any atom is -0.339 e. The number of carbonyl (C=O) groups excluding carboxylic acids is 1. The van der Waals surface area contributed by atoms with Gasteiger partial charge >= 0.3 is 0 Å². The molecule has 1 N–H and O–H groups in total. The molecule has 0 aliphatic heterocycles. The molecule has 0 radical (unpaired) electrons. The summed E-state index contributed by atoms with van der Waals surface area (Å²) in [6.07, 6.45) is 0.657. The lowest BCUT2D eigenvalue weighted by Crippen LogP contribution is -2.14. The predicted molar refractivity (Wildman–Crippen MR) is 97.5 cm³/mol.